The van der Waals surface area contributed by atoms with E-state index in [4.69, 9.17) is 9.72 Å². The Labute approximate surface area is 131 Å². The van der Waals surface area contributed by atoms with Gasteiger partial charge in [-0.05, 0) is 25.0 Å². The number of aromatic nitrogens is 3. The summed E-state index contributed by atoms with van der Waals surface area (Å²) in [7, 11) is 1.65. The van der Waals surface area contributed by atoms with Crippen LogP contribution >= 0.6 is 0 Å². The number of anilines is 1. The Morgan fingerprint density at radius 3 is 2.77 bits per heavy atom. The van der Waals surface area contributed by atoms with E-state index in [0.717, 1.165) is 17.3 Å². The molecule has 0 radical (unpaired) electrons. The zero-order chi connectivity index (χ0) is 15.2. The number of rotatable bonds is 5. The Kier molecular flexibility index (Phi) is 4.83. The smallest absolute Gasteiger partial charge is 0.218 e. The van der Waals surface area contributed by atoms with Crippen LogP contribution in [0.1, 0.15) is 49.5 Å². The van der Waals surface area contributed by atoms with Gasteiger partial charge in [0.25, 0.3) is 0 Å². The SMILES string of the molecule is COc1cc(NCc2ccccn2)nc(C2CCCCC2)n1. The fourth-order valence-electron chi connectivity index (χ4n) is 2.87. The standard InChI is InChI=1S/C17H22N4O/c1-22-16-11-15(19-12-14-9-5-6-10-18-14)20-17(21-16)13-7-3-2-4-8-13/h5-6,9-11,13H,2-4,7-8,12H2,1H3,(H,19,20,21). The van der Waals surface area contributed by atoms with Crippen molar-refractivity contribution in [3.8, 4) is 5.88 Å². The molecule has 116 valence electrons. The average Bonchev–Trinajstić information content (AvgIpc) is 2.61. The fourth-order valence-corrected chi connectivity index (χ4v) is 2.87. The molecular formula is C17H22N4O. The highest BCUT2D eigenvalue weighted by Gasteiger charge is 2.19. The van der Waals surface area contributed by atoms with Crippen molar-refractivity contribution in [2.75, 3.05) is 12.4 Å². The molecule has 1 N–H and O–H groups in total. The van der Waals surface area contributed by atoms with Gasteiger partial charge in [-0.15, -0.1) is 0 Å². The number of ether oxygens (including phenoxy) is 1. The van der Waals surface area contributed by atoms with Crippen molar-refractivity contribution in [1.29, 1.82) is 0 Å². The van der Waals surface area contributed by atoms with Gasteiger partial charge in [-0.1, -0.05) is 25.3 Å². The van der Waals surface area contributed by atoms with Crippen LogP contribution in [-0.4, -0.2) is 22.1 Å². The largest absolute Gasteiger partial charge is 0.481 e. The van der Waals surface area contributed by atoms with E-state index in [9.17, 15) is 0 Å². The van der Waals surface area contributed by atoms with E-state index in [0.29, 0.717) is 18.3 Å². The van der Waals surface area contributed by atoms with Crippen molar-refractivity contribution >= 4 is 5.82 Å². The zero-order valence-corrected chi connectivity index (χ0v) is 13.0. The Morgan fingerprint density at radius 2 is 2.05 bits per heavy atom. The van der Waals surface area contributed by atoms with Gasteiger partial charge in [0, 0.05) is 18.2 Å². The number of methoxy groups -OCH3 is 1. The highest BCUT2D eigenvalue weighted by atomic mass is 16.5. The lowest BCUT2D eigenvalue weighted by atomic mass is 9.89. The number of pyridine rings is 1. The molecule has 0 bridgehead atoms. The minimum Gasteiger partial charge on any atom is -0.481 e. The molecule has 2 aromatic rings. The van der Waals surface area contributed by atoms with Gasteiger partial charge in [0.15, 0.2) is 0 Å². The van der Waals surface area contributed by atoms with Gasteiger partial charge in [0.2, 0.25) is 5.88 Å². The molecule has 2 aromatic heterocycles. The van der Waals surface area contributed by atoms with Crippen molar-refractivity contribution in [3.63, 3.8) is 0 Å². The molecule has 22 heavy (non-hydrogen) atoms. The summed E-state index contributed by atoms with van der Waals surface area (Å²) in [5, 5.41) is 3.32. The topological polar surface area (TPSA) is 59.9 Å². The van der Waals surface area contributed by atoms with Gasteiger partial charge in [-0.3, -0.25) is 4.98 Å². The molecule has 1 saturated carbocycles. The summed E-state index contributed by atoms with van der Waals surface area (Å²) >= 11 is 0. The predicted molar refractivity (Wildman–Crippen MR) is 86.0 cm³/mol. The van der Waals surface area contributed by atoms with Gasteiger partial charge in [0.1, 0.15) is 11.6 Å². The van der Waals surface area contributed by atoms with Crippen LogP contribution in [0.5, 0.6) is 5.88 Å². The van der Waals surface area contributed by atoms with Crippen LogP contribution in [-0.2, 0) is 6.54 Å². The molecule has 0 aliphatic heterocycles. The van der Waals surface area contributed by atoms with Gasteiger partial charge >= 0.3 is 0 Å². The summed E-state index contributed by atoms with van der Waals surface area (Å²) in [5.74, 6) is 2.79. The maximum absolute atomic E-state index is 5.33. The summed E-state index contributed by atoms with van der Waals surface area (Å²) in [6.07, 6.45) is 8.00. The first-order valence-electron chi connectivity index (χ1n) is 7.92. The first-order valence-corrected chi connectivity index (χ1v) is 7.92. The average molecular weight is 298 g/mol. The summed E-state index contributed by atoms with van der Waals surface area (Å²) < 4.78 is 5.33. The third-order valence-corrected chi connectivity index (χ3v) is 4.08. The van der Waals surface area contributed by atoms with Crippen molar-refractivity contribution in [2.24, 2.45) is 0 Å². The maximum atomic E-state index is 5.33. The van der Waals surface area contributed by atoms with Crippen molar-refractivity contribution < 1.29 is 4.74 Å². The Hall–Kier alpha value is -2.17. The molecular weight excluding hydrogens is 276 g/mol. The molecule has 2 heterocycles. The number of hydrogen-bond acceptors (Lipinski definition) is 5. The molecule has 1 aliphatic carbocycles. The molecule has 5 heteroatoms. The third-order valence-electron chi connectivity index (χ3n) is 4.08. The van der Waals surface area contributed by atoms with E-state index in [1.807, 2.05) is 24.3 Å². The Morgan fingerprint density at radius 1 is 1.18 bits per heavy atom. The minimum atomic E-state index is 0.458. The van der Waals surface area contributed by atoms with Crippen LogP contribution in [0.3, 0.4) is 0 Å². The summed E-state index contributed by atoms with van der Waals surface area (Å²) in [4.78, 5) is 13.5. The quantitative estimate of drug-likeness (QED) is 0.915. The van der Waals surface area contributed by atoms with Crippen molar-refractivity contribution in [2.45, 2.75) is 44.6 Å². The van der Waals surface area contributed by atoms with Gasteiger partial charge in [-0.2, -0.15) is 4.98 Å². The van der Waals surface area contributed by atoms with Crippen LogP contribution in [0, 0.1) is 0 Å². The molecule has 0 atom stereocenters. The van der Waals surface area contributed by atoms with Crippen LogP contribution in [0.25, 0.3) is 0 Å². The van der Waals surface area contributed by atoms with Crippen LogP contribution < -0.4 is 10.1 Å². The van der Waals surface area contributed by atoms with Crippen LogP contribution in [0.2, 0.25) is 0 Å². The van der Waals surface area contributed by atoms with Gasteiger partial charge in [-0.25, -0.2) is 4.98 Å². The lowest BCUT2D eigenvalue weighted by molar-refractivity contribution is 0.383. The Bertz CT molecular complexity index is 597. The molecule has 1 fully saturated rings. The fraction of sp³-hybridized carbons (Fsp3) is 0.471. The maximum Gasteiger partial charge on any atom is 0.218 e. The molecule has 0 unspecified atom stereocenters. The van der Waals surface area contributed by atoms with Crippen LogP contribution in [0.15, 0.2) is 30.5 Å². The van der Waals surface area contributed by atoms with Gasteiger partial charge < -0.3 is 10.1 Å². The molecule has 0 spiro atoms. The predicted octanol–water partition coefficient (Wildman–Crippen LogP) is 3.54. The molecule has 0 saturated heterocycles. The molecule has 3 rings (SSSR count). The summed E-state index contributed by atoms with van der Waals surface area (Å²) in [6.45, 7) is 0.644. The lowest BCUT2D eigenvalue weighted by Crippen LogP contribution is -2.12. The first-order chi connectivity index (χ1) is 10.8. The van der Waals surface area contributed by atoms with Gasteiger partial charge in [0.05, 0.1) is 19.3 Å². The second kappa shape index (κ2) is 7.20. The van der Waals surface area contributed by atoms with Crippen LogP contribution in [0.4, 0.5) is 5.82 Å². The van der Waals surface area contributed by atoms with Crippen molar-refractivity contribution in [3.05, 3.63) is 42.0 Å². The minimum absolute atomic E-state index is 0.458. The van der Waals surface area contributed by atoms with E-state index in [-0.39, 0.29) is 0 Å². The third kappa shape index (κ3) is 3.72. The Balaban J connectivity index is 1.75. The number of hydrogen-bond donors (Lipinski definition) is 1. The molecule has 5 nitrogen and oxygen atoms in total. The van der Waals surface area contributed by atoms with E-state index in [2.05, 4.69) is 15.3 Å². The number of nitrogens with one attached hydrogen (secondary N) is 1. The van der Waals surface area contributed by atoms with E-state index < -0.39 is 0 Å². The first kappa shape index (κ1) is 14.8. The van der Waals surface area contributed by atoms with E-state index >= 15 is 0 Å². The highest BCUT2D eigenvalue weighted by molar-refractivity contribution is 5.39. The monoisotopic (exact) mass is 298 g/mol. The zero-order valence-electron chi connectivity index (χ0n) is 13.0. The lowest BCUT2D eigenvalue weighted by Gasteiger charge is -2.21. The molecule has 1 aliphatic rings. The second-order valence-electron chi connectivity index (χ2n) is 5.66. The summed E-state index contributed by atoms with van der Waals surface area (Å²) in [5.41, 5.74) is 0.985. The second-order valence-corrected chi connectivity index (χ2v) is 5.66. The van der Waals surface area contributed by atoms with E-state index in [1.165, 1.54) is 32.1 Å². The van der Waals surface area contributed by atoms with E-state index in [1.54, 1.807) is 13.3 Å². The normalized spacial score (nSPS) is 15.5. The molecule has 0 aromatic carbocycles. The number of nitrogens with zero attached hydrogens (tertiary/aromatic N) is 3. The summed E-state index contributed by atoms with van der Waals surface area (Å²) in [6, 6.07) is 7.74. The molecule has 0 amide bonds. The van der Waals surface area contributed by atoms with Crippen molar-refractivity contribution in [1.82, 2.24) is 15.0 Å². The highest BCUT2D eigenvalue weighted by Crippen LogP contribution is 2.32.